The molecule has 0 aromatic heterocycles. The molecule has 1 aliphatic heterocycles. The Morgan fingerprint density at radius 3 is 2.71 bits per heavy atom. The summed E-state index contributed by atoms with van der Waals surface area (Å²) in [4.78, 5) is 30.7. The number of methoxy groups -OCH3 is 1. The summed E-state index contributed by atoms with van der Waals surface area (Å²) in [7, 11) is 1.48. The molecule has 1 saturated heterocycles. The van der Waals surface area contributed by atoms with Crippen LogP contribution in [0.2, 0.25) is 5.02 Å². The van der Waals surface area contributed by atoms with Gasteiger partial charge in [0.25, 0.3) is 0 Å². The lowest BCUT2D eigenvalue weighted by atomic mass is 10.3. The highest BCUT2D eigenvalue weighted by Crippen LogP contribution is 2.34. The fraction of sp³-hybridized carbons (Fsp3) is 0.158. The number of nitrogens with one attached hydrogen (secondary N) is 1. The lowest BCUT2D eigenvalue weighted by molar-refractivity contribution is -0.121. The molecule has 9 heteroatoms. The van der Waals surface area contributed by atoms with E-state index in [2.05, 4.69) is 10.3 Å². The summed E-state index contributed by atoms with van der Waals surface area (Å²) in [6.45, 7) is 0. The molecule has 2 aromatic carbocycles. The lowest BCUT2D eigenvalue weighted by Gasteiger charge is -2.16. The summed E-state index contributed by atoms with van der Waals surface area (Å²) in [6, 6.07) is 13.7. The van der Waals surface area contributed by atoms with Gasteiger partial charge in [0.2, 0.25) is 11.8 Å². The minimum absolute atomic E-state index is 0.00589. The van der Waals surface area contributed by atoms with E-state index < -0.39 is 11.2 Å². The van der Waals surface area contributed by atoms with Gasteiger partial charge in [0.1, 0.15) is 11.0 Å². The van der Waals surface area contributed by atoms with Crippen LogP contribution in [-0.2, 0) is 9.59 Å². The average Bonchev–Trinajstić information content (AvgIpc) is 2.96. The van der Waals surface area contributed by atoms with E-state index in [1.165, 1.54) is 13.2 Å². The van der Waals surface area contributed by atoms with E-state index in [0.717, 1.165) is 16.7 Å². The van der Waals surface area contributed by atoms with Gasteiger partial charge in [-0.05, 0) is 30.3 Å². The summed E-state index contributed by atoms with van der Waals surface area (Å²) in [6.07, 6.45) is 1.80. The first-order valence-corrected chi connectivity index (χ1v) is 9.45. The van der Waals surface area contributed by atoms with Crippen LogP contribution in [0, 0.1) is 11.5 Å². The second kappa shape index (κ2) is 8.78. The number of nitrogens with zero attached hydrogens (tertiary/aromatic N) is 3. The number of hydrogen-bond acceptors (Lipinski definition) is 6. The number of carbonyl (C=O) groups excluding carboxylic acids is 2. The standard InChI is InChI=1S/C19H15ClN4O3S/c1-27-15-8-7-13(9-14(15)20)24-17(25)10-16(18(24)26)28-19(22-11-21)23-12-5-3-2-4-6-12/h2-9,16H,10H2,1H3,(H,22,23)/t16-/m0/s1. The Morgan fingerprint density at radius 1 is 1.32 bits per heavy atom. The third-order valence-corrected chi connectivity index (χ3v) is 5.27. The summed E-state index contributed by atoms with van der Waals surface area (Å²) in [5, 5.41) is 11.3. The smallest absolute Gasteiger partial charge is 0.247 e. The number of amides is 2. The molecule has 2 amide bonds. The van der Waals surface area contributed by atoms with E-state index in [0.29, 0.717) is 22.1 Å². The number of ether oxygens (including phenoxy) is 1. The third kappa shape index (κ3) is 4.27. The normalized spacial score (nSPS) is 16.8. The predicted molar refractivity (Wildman–Crippen MR) is 109 cm³/mol. The van der Waals surface area contributed by atoms with Crippen molar-refractivity contribution in [1.29, 1.82) is 5.26 Å². The number of para-hydroxylation sites is 1. The highest BCUT2D eigenvalue weighted by molar-refractivity contribution is 8.15. The molecule has 1 fully saturated rings. The maximum atomic E-state index is 12.8. The molecule has 1 atom stereocenters. The Morgan fingerprint density at radius 2 is 2.07 bits per heavy atom. The molecule has 3 rings (SSSR count). The molecule has 7 nitrogen and oxygen atoms in total. The number of rotatable bonds is 4. The Hall–Kier alpha value is -3.02. The maximum absolute atomic E-state index is 12.8. The zero-order valence-electron chi connectivity index (χ0n) is 14.8. The van der Waals surface area contributed by atoms with Gasteiger partial charge >= 0.3 is 0 Å². The van der Waals surface area contributed by atoms with Crippen LogP contribution in [0.15, 0.2) is 53.5 Å². The van der Waals surface area contributed by atoms with E-state index in [1.807, 2.05) is 24.4 Å². The van der Waals surface area contributed by atoms with Crippen molar-refractivity contribution in [2.45, 2.75) is 11.7 Å². The van der Waals surface area contributed by atoms with Crippen LogP contribution in [0.4, 0.5) is 11.4 Å². The molecule has 0 bridgehead atoms. The van der Waals surface area contributed by atoms with Gasteiger partial charge in [-0.1, -0.05) is 41.6 Å². The number of halogens is 1. The number of benzene rings is 2. The molecular formula is C19H15ClN4O3S. The van der Waals surface area contributed by atoms with Crippen molar-refractivity contribution in [3.8, 4) is 11.9 Å². The zero-order chi connectivity index (χ0) is 20.1. The Balaban J connectivity index is 1.81. The third-order valence-electron chi connectivity index (χ3n) is 3.90. The van der Waals surface area contributed by atoms with E-state index >= 15 is 0 Å². The number of anilines is 1. The summed E-state index contributed by atoms with van der Waals surface area (Å²) in [5.41, 5.74) is 1.00. The van der Waals surface area contributed by atoms with Crippen molar-refractivity contribution in [1.82, 2.24) is 5.32 Å². The average molecular weight is 415 g/mol. The minimum Gasteiger partial charge on any atom is -0.495 e. The number of aliphatic imine (C=N–C) groups is 1. The van der Waals surface area contributed by atoms with Gasteiger partial charge in [-0.3, -0.25) is 14.9 Å². The van der Waals surface area contributed by atoms with Crippen molar-refractivity contribution < 1.29 is 14.3 Å². The fourth-order valence-corrected chi connectivity index (χ4v) is 3.86. The van der Waals surface area contributed by atoms with Crippen LogP contribution in [0.25, 0.3) is 0 Å². The van der Waals surface area contributed by atoms with E-state index in [1.54, 1.807) is 24.3 Å². The molecule has 0 saturated carbocycles. The molecule has 0 aliphatic carbocycles. The summed E-state index contributed by atoms with van der Waals surface area (Å²) in [5.74, 6) is -0.289. The molecule has 1 aliphatic rings. The monoisotopic (exact) mass is 414 g/mol. The predicted octanol–water partition coefficient (Wildman–Crippen LogP) is 3.47. The molecule has 0 spiro atoms. The number of amidine groups is 1. The Bertz CT molecular complexity index is 975. The van der Waals surface area contributed by atoms with Gasteiger partial charge in [-0.15, -0.1) is 0 Å². The molecule has 0 unspecified atom stereocenters. The number of imide groups is 1. The van der Waals surface area contributed by atoms with Crippen molar-refractivity contribution in [2.24, 2.45) is 4.99 Å². The van der Waals surface area contributed by atoms with Gasteiger partial charge in [0.05, 0.1) is 23.5 Å². The number of thioether (sulfide) groups is 1. The lowest BCUT2D eigenvalue weighted by Crippen LogP contribution is -2.32. The first-order valence-electron chi connectivity index (χ1n) is 8.19. The van der Waals surface area contributed by atoms with Gasteiger partial charge in [-0.25, -0.2) is 9.89 Å². The highest BCUT2D eigenvalue weighted by atomic mass is 35.5. The second-order valence-corrected chi connectivity index (χ2v) is 7.28. The molecule has 1 heterocycles. The molecule has 1 N–H and O–H groups in total. The van der Waals surface area contributed by atoms with E-state index in [4.69, 9.17) is 21.6 Å². The Labute approximate surface area is 170 Å². The zero-order valence-corrected chi connectivity index (χ0v) is 16.3. The molecule has 28 heavy (non-hydrogen) atoms. The van der Waals surface area contributed by atoms with Crippen molar-refractivity contribution in [3.05, 3.63) is 53.6 Å². The minimum atomic E-state index is -0.698. The van der Waals surface area contributed by atoms with E-state index in [9.17, 15) is 9.59 Å². The van der Waals surface area contributed by atoms with Gasteiger partial charge in [0, 0.05) is 6.42 Å². The molecule has 0 radical (unpaired) electrons. The van der Waals surface area contributed by atoms with Crippen LogP contribution in [-0.4, -0.2) is 29.3 Å². The second-order valence-electron chi connectivity index (χ2n) is 5.69. The van der Waals surface area contributed by atoms with Crippen molar-refractivity contribution in [3.63, 3.8) is 0 Å². The SMILES string of the molecule is COc1ccc(N2C(=O)C[C@H](SC(=Nc3ccccc3)NC#N)C2=O)cc1Cl. The molecular weight excluding hydrogens is 400 g/mol. The first-order chi connectivity index (χ1) is 13.5. The molecule has 142 valence electrons. The number of nitriles is 1. The van der Waals surface area contributed by atoms with Crippen LogP contribution in [0.3, 0.4) is 0 Å². The van der Waals surface area contributed by atoms with Gasteiger partial charge in [-0.2, -0.15) is 5.26 Å². The van der Waals surface area contributed by atoms with Crippen LogP contribution in [0.1, 0.15) is 6.42 Å². The van der Waals surface area contributed by atoms with Gasteiger partial charge in [0.15, 0.2) is 11.4 Å². The highest BCUT2D eigenvalue weighted by Gasteiger charge is 2.41. The van der Waals surface area contributed by atoms with Crippen LogP contribution < -0.4 is 15.0 Å². The largest absolute Gasteiger partial charge is 0.495 e. The first kappa shape index (κ1) is 19.7. The summed E-state index contributed by atoms with van der Waals surface area (Å²) >= 11 is 7.15. The number of carbonyl (C=O) groups is 2. The summed E-state index contributed by atoms with van der Waals surface area (Å²) < 4.78 is 5.09. The molecule has 2 aromatic rings. The van der Waals surface area contributed by atoms with Crippen molar-refractivity contribution in [2.75, 3.05) is 12.0 Å². The van der Waals surface area contributed by atoms with Crippen LogP contribution >= 0.6 is 23.4 Å². The number of hydrogen-bond donors (Lipinski definition) is 1. The van der Waals surface area contributed by atoms with E-state index in [-0.39, 0.29) is 17.5 Å². The Kier molecular flexibility index (Phi) is 6.19. The van der Waals surface area contributed by atoms with Crippen LogP contribution in [0.5, 0.6) is 5.75 Å². The quantitative estimate of drug-likeness (QED) is 0.270. The van der Waals surface area contributed by atoms with Gasteiger partial charge < -0.3 is 4.74 Å². The fourth-order valence-electron chi connectivity index (χ4n) is 2.65. The van der Waals surface area contributed by atoms with Crippen molar-refractivity contribution >= 4 is 51.7 Å². The topological polar surface area (TPSA) is 94.8 Å². The maximum Gasteiger partial charge on any atom is 0.247 e.